The van der Waals surface area contributed by atoms with Crippen molar-refractivity contribution in [2.24, 2.45) is 11.7 Å². The second-order valence-corrected chi connectivity index (χ2v) is 5.51. The second kappa shape index (κ2) is 5.99. The zero-order valence-electron chi connectivity index (χ0n) is 10.5. The highest BCUT2D eigenvalue weighted by Gasteiger charge is 2.23. The van der Waals surface area contributed by atoms with Crippen molar-refractivity contribution in [3.63, 3.8) is 0 Å². The van der Waals surface area contributed by atoms with Crippen molar-refractivity contribution in [3.05, 3.63) is 0 Å². The molecule has 2 heterocycles. The van der Waals surface area contributed by atoms with Gasteiger partial charge in [0.15, 0.2) is 0 Å². The molecule has 3 nitrogen and oxygen atoms in total. The number of nitrogens with two attached hydrogens (primary N) is 1. The second-order valence-electron chi connectivity index (χ2n) is 5.51. The largest absolute Gasteiger partial charge is 0.378 e. The van der Waals surface area contributed by atoms with E-state index in [0.717, 1.165) is 13.0 Å². The molecule has 0 spiro atoms. The summed E-state index contributed by atoms with van der Waals surface area (Å²) in [6.45, 7) is 6.80. The Labute approximate surface area is 99.3 Å². The monoisotopic (exact) mass is 226 g/mol. The number of hydrogen-bond acceptors (Lipinski definition) is 3. The van der Waals surface area contributed by atoms with Crippen LogP contribution in [0.15, 0.2) is 0 Å². The Morgan fingerprint density at radius 1 is 1.31 bits per heavy atom. The van der Waals surface area contributed by atoms with E-state index in [1.54, 1.807) is 0 Å². The van der Waals surface area contributed by atoms with Crippen LogP contribution in [0.4, 0.5) is 0 Å². The minimum absolute atomic E-state index is 0.419. The number of hydrogen-bond donors (Lipinski definition) is 1. The molecule has 0 aromatic carbocycles. The highest BCUT2D eigenvalue weighted by Crippen LogP contribution is 2.19. The fourth-order valence-corrected chi connectivity index (χ4v) is 2.81. The smallest absolute Gasteiger partial charge is 0.0587 e. The van der Waals surface area contributed by atoms with E-state index < -0.39 is 0 Å². The predicted molar refractivity (Wildman–Crippen MR) is 66.4 cm³/mol. The van der Waals surface area contributed by atoms with Gasteiger partial charge >= 0.3 is 0 Å². The van der Waals surface area contributed by atoms with Crippen LogP contribution in [-0.2, 0) is 4.74 Å². The van der Waals surface area contributed by atoms with E-state index in [9.17, 15) is 0 Å². The Hall–Kier alpha value is -0.120. The van der Waals surface area contributed by atoms with Crippen molar-refractivity contribution in [1.29, 1.82) is 0 Å². The third-order valence-corrected chi connectivity index (χ3v) is 4.10. The third-order valence-electron chi connectivity index (χ3n) is 4.10. The summed E-state index contributed by atoms with van der Waals surface area (Å²) in [5.41, 5.74) is 6.03. The SMILES string of the molecule is CC1CN(CCC2CCCCO2)CCC1N. The molecule has 0 aromatic rings. The van der Waals surface area contributed by atoms with Gasteiger partial charge in [-0.25, -0.2) is 0 Å². The van der Waals surface area contributed by atoms with Crippen molar-refractivity contribution in [1.82, 2.24) is 4.90 Å². The zero-order chi connectivity index (χ0) is 11.4. The van der Waals surface area contributed by atoms with Crippen LogP contribution >= 0.6 is 0 Å². The molecule has 94 valence electrons. The molecule has 0 saturated carbocycles. The van der Waals surface area contributed by atoms with Crippen LogP contribution in [0.2, 0.25) is 0 Å². The van der Waals surface area contributed by atoms with E-state index in [-0.39, 0.29) is 0 Å². The summed E-state index contributed by atoms with van der Waals surface area (Å²) in [5, 5.41) is 0. The first kappa shape index (κ1) is 12.3. The number of piperidine rings is 1. The summed E-state index contributed by atoms with van der Waals surface area (Å²) in [4.78, 5) is 2.56. The van der Waals surface area contributed by atoms with Crippen LogP contribution in [0.5, 0.6) is 0 Å². The molecule has 3 heteroatoms. The van der Waals surface area contributed by atoms with Gasteiger partial charge in [-0.3, -0.25) is 0 Å². The molecule has 2 aliphatic rings. The summed E-state index contributed by atoms with van der Waals surface area (Å²) in [7, 11) is 0. The van der Waals surface area contributed by atoms with Gasteiger partial charge in [-0.15, -0.1) is 0 Å². The molecule has 0 radical (unpaired) electrons. The van der Waals surface area contributed by atoms with Crippen molar-refractivity contribution < 1.29 is 4.74 Å². The first-order valence-corrected chi connectivity index (χ1v) is 6.85. The van der Waals surface area contributed by atoms with Crippen LogP contribution in [0, 0.1) is 5.92 Å². The number of likely N-dealkylation sites (tertiary alicyclic amines) is 1. The zero-order valence-corrected chi connectivity index (χ0v) is 10.5. The van der Waals surface area contributed by atoms with E-state index in [0.29, 0.717) is 18.1 Å². The van der Waals surface area contributed by atoms with Gasteiger partial charge in [-0.2, -0.15) is 0 Å². The van der Waals surface area contributed by atoms with Crippen LogP contribution in [0.25, 0.3) is 0 Å². The fourth-order valence-electron chi connectivity index (χ4n) is 2.81. The van der Waals surface area contributed by atoms with Crippen molar-refractivity contribution in [2.45, 2.75) is 51.2 Å². The van der Waals surface area contributed by atoms with E-state index in [4.69, 9.17) is 10.5 Å². The quantitative estimate of drug-likeness (QED) is 0.794. The van der Waals surface area contributed by atoms with Gasteiger partial charge in [0.05, 0.1) is 6.10 Å². The molecule has 0 aromatic heterocycles. The van der Waals surface area contributed by atoms with Gasteiger partial charge in [0.1, 0.15) is 0 Å². The van der Waals surface area contributed by atoms with Gasteiger partial charge in [-0.05, 0) is 44.6 Å². The normalized spacial score (nSPS) is 37.5. The fraction of sp³-hybridized carbons (Fsp3) is 1.00. The minimum Gasteiger partial charge on any atom is -0.378 e. The maximum Gasteiger partial charge on any atom is 0.0587 e. The lowest BCUT2D eigenvalue weighted by Gasteiger charge is -2.36. The molecule has 3 unspecified atom stereocenters. The lowest BCUT2D eigenvalue weighted by Crippen LogP contribution is -2.46. The van der Waals surface area contributed by atoms with Crippen molar-refractivity contribution in [2.75, 3.05) is 26.2 Å². The standard InChI is InChI=1S/C13H26N2O/c1-11-10-15(8-6-13(11)14)7-5-12-4-2-3-9-16-12/h11-13H,2-10,14H2,1H3. The average molecular weight is 226 g/mol. The van der Waals surface area contributed by atoms with Crippen molar-refractivity contribution in [3.8, 4) is 0 Å². The first-order valence-electron chi connectivity index (χ1n) is 6.85. The Kier molecular flexibility index (Phi) is 4.62. The Morgan fingerprint density at radius 2 is 2.19 bits per heavy atom. The number of rotatable bonds is 3. The summed E-state index contributed by atoms with van der Waals surface area (Å²) >= 11 is 0. The molecule has 0 amide bonds. The summed E-state index contributed by atoms with van der Waals surface area (Å²) < 4.78 is 5.77. The topological polar surface area (TPSA) is 38.5 Å². The number of ether oxygens (including phenoxy) is 1. The lowest BCUT2D eigenvalue weighted by atomic mass is 9.94. The predicted octanol–water partition coefficient (Wildman–Crippen LogP) is 1.61. The number of nitrogens with zero attached hydrogens (tertiary/aromatic N) is 1. The van der Waals surface area contributed by atoms with Crippen LogP contribution < -0.4 is 5.73 Å². The first-order chi connectivity index (χ1) is 7.75. The molecule has 2 rings (SSSR count). The maximum absolute atomic E-state index is 6.03. The van der Waals surface area contributed by atoms with Gasteiger partial charge < -0.3 is 15.4 Å². The van der Waals surface area contributed by atoms with Gasteiger partial charge in [0, 0.05) is 25.7 Å². The molecule has 16 heavy (non-hydrogen) atoms. The minimum atomic E-state index is 0.419. The highest BCUT2D eigenvalue weighted by molar-refractivity contribution is 4.80. The Morgan fingerprint density at radius 3 is 2.88 bits per heavy atom. The average Bonchev–Trinajstić information content (AvgIpc) is 2.32. The van der Waals surface area contributed by atoms with Gasteiger partial charge in [0.25, 0.3) is 0 Å². The summed E-state index contributed by atoms with van der Waals surface area (Å²) in [6, 6.07) is 0.419. The van der Waals surface area contributed by atoms with Crippen molar-refractivity contribution >= 4 is 0 Å². The van der Waals surface area contributed by atoms with Gasteiger partial charge in [0.2, 0.25) is 0 Å². The third kappa shape index (κ3) is 3.44. The molecule has 3 atom stereocenters. The van der Waals surface area contributed by atoms with Crippen LogP contribution in [0.3, 0.4) is 0 Å². The molecule has 2 aliphatic heterocycles. The van der Waals surface area contributed by atoms with E-state index in [1.807, 2.05) is 0 Å². The molecular formula is C13H26N2O. The lowest BCUT2D eigenvalue weighted by molar-refractivity contribution is 0.00288. The Bertz CT molecular complexity index is 204. The van der Waals surface area contributed by atoms with Gasteiger partial charge in [-0.1, -0.05) is 6.92 Å². The summed E-state index contributed by atoms with van der Waals surface area (Å²) in [6.07, 6.45) is 6.77. The van der Waals surface area contributed by atoms with Crippen LogP contribution in [-0.4, -0.2) is 43.3 Å². The highest BCUT2D eigenvalue weighted by atomic mass is 16.5. The molecule has 2 N–H and O–H groups in total. The van der Waals surface area contributed by atoms with E-state index in [1.165, 1.54) is 45.3 Å². The van der Waals surface area contributed by atoms with Crippen LogP contribution in [0.1, 0.15) is 39.0 Å². The van der Waals surface area contributed by atoms with E-state index in [2.05, 4.69) is 11.8 Å². The molecule has 0 aliphatic carbocycles. The maximum atomic E-state index is 6.03. The summed E-state index contributed by atoms with van der Waals surface area (Å²) in [5.74, 6) is 0.654. The Balaban J connectivity index is 1.65. The molecular weight excluding hydrogens is 200 g/mol. The molecule has 2 saturated heterocycles. The molecule has 0 bridgehead atoms. The van der Waals surface area contributed by atoms with E-state index >= 15 is 0 Å². The molecule has 2 fully saturated rings.